The first-order chi connectivity index (χ1) is 7.72. The number of halogens is 1. The standard InChI is InChI=1S/C12H14BrN3/c1-15-4-2-9(7-15)11-8-16-5-3-10(13)6-12(16)14-11/h3,5-6,8-9H,2,4,7H2,1H3. The maximum Gasteiger partial charge on any atom is 0.138 e. The van der Waals surface area contributed by atoms with Crippen molar-refractivity contribution in [1.29, 1.82) is 0 Å². The van der Waals surface area contributed by atoms with Crippen LogP contribution < -0.4 is 0 Å². The summed E-state index contributed by atoms with van der Waals surface area (Å²) in [6.45, 7) is 2.31. The monoisotopic (exact) mass is 279 g/mol. The summed E-state index contributed by atoms with van der Waals surface area (Å²) in [4.78, 5) is 7.06. The number of imidazole rings is 1. The van der Waals surface area contributed by atoms with Gasteiger partial charge < -0.3 is 9.30 Å². The van der Waals surface area contributed by atoms with Gasteiger partial charge in [0.05, 0.1) is 5.69 Å². The molecule has 2 aromatic heterocycles. The van der Waals surface area contributed by atoms with E-state index in [1.54, 1.807) is 0 Å². The van der Waals surface area contributed by atoms with Crippen molar-refractivity contribution >= 4 is 21.6 Å². The van der Waals surface area contributed by atoms with Gasteiger partial charge >= 0.3 is 0 Å². The summed E-state index contributed by atoms with van der Waals surface area (Å²) in [7, 11) is 2.17. The molecule has 1 aliphatic heterocycles. The maximum atomic E-state index is 4.70. The molecular formula is C12H14BrN3. The second-order valence-electron chi connectivity index (χ2n) is 4.52. The van der Waals surface area contributed by atoms with Crippen molar-refractivity contribution in [2.45, 2.75) is 12.3 Å². The number of hydrogen-bond acceptors (Lipinski definition) is 2. The highest BCUT2D eigenvalue weighted by atomic mass is 79.9. The summed E-state index contributed by atoms with van der Waals surface area (Å²) in [5, 5.41) is 0. The van der Waals surface area contributed by atoms with Crippen molar-refractivity contribution < 1.29 is 0 Å². The second kappa shape index (κ2) is 3.86. The zero-order chi connectivity index (χ0) is 11.1. The van der Waals surface area contributed by atoms with Crippen LogP contribution in [0.5, 0.6) is 0 Å². The van der Waals surface area contributed by atoms with Gasteiger partial charge in [-0.05, 0) is 32.1 Å². The average Bonchev–Trinajstić information content (AvgIpc) is 2.83. The summed E-state index contributed by atoms with van der Waals surface area (Å²) in [6, 6.07) is 4.10. The van der Waals surface area contributed by atoms with Crippen LogP contribution in [-0.2, 0) is 0 Å². The minimum absolute atomic E-state index is 0.601. The topological polar surface area (TPSA) is 20.5 Å². The molecule has 16 heavy (non-hydrogen) atoms. The molecule has 0 aliphatic carbocycles. The lowest BCUT2D eigenvalue weighted by Crippen LogP contribution is -2.13. The zero-order valence-corrected chi connectivity index (χ0v) is 10.8. The van der Waals surface area contributed by atoms with Crippen LogP contribution >= 0.6 is 15.9 Å². The molecule has 1 saturated heterocycles. The van der Waals surface area contributed by atoms with E-state index < -0.39 is 0 Å². The number of rotatable bonds is 1. The molecule has 0 spiro atoms. The van der Waals surface area contributed by atoms with Gasteiger partial charge in [-0.25, -0.2) is 4.98 Å². The highest BCUT2D eigenvalue weighted by Crippen LogP contribution is 2.26. The van der Waals surface area contributed by atoms with Gasteiger partial charge in [0.25, 0.3) is 0 Å². The van der Waals surface area contributed by atoms with Crippen LogP contribution in [0.1, 0.15) is 18.0 Å². The third-order valence-corrected chi connectivity index (χ3v) is 3.74. The van der Waals surface area contributed by atoms with Crippen LogP contribution in [0.25, 0.3) is 5.65 Å². The van der Waals surface area contributed by atoms with Gasteiger partial charge in [-0.1, -0.05) is 15.9 Å². The predicted octanol–water partition coefficient (Wildman–Crippen LogP) is 2.52. The van der Waals surface area contributed by atoms with E-state index in [1.165, 1.54) is 18.7 Å². The number of fused-ring (bicyclic) bond motifs is 1. The van der Waals surface area contributed by atoms with Gasteiger partial charge in [0.1, 0.15) is 5.65 Å². The molecule has 0 radical (unpaired) electrons. The largest absolute Gasteiger partial charge is 0.307 e. The molecule has 3 nitrogen and oxygen atoms in total. The fourth-order valence-electron chi connectivity index (χ4n) is 2.35. The third kappa shape index (κ3) is 1.76. The SMILES string of the molecule is CN1CCC(c2cn3ccc(Br)cc3n2)C1. The highest BCUT2D eigenvalue weighted by molar-refractivity contribution is 9.10. The molecule has 84 valence electrons. The van der Waals surface area contributed by atoms with E-state index in [0.29, 0.717) is 5.92 Å². The summed E-state index contributed by atoms with van der Waals surface area (Å²) < 4.78 is 3.18. The smallest absolute Gasteiger partial charge is 0.138 e. The van der Waals surface area contributed by atoms with Crippen LogP contribution in [-0.4, -0.2) is 34.4 Å². The van der Waals surface area contributed by atoms with Gasteiger partial charge in [-0.15, -0.1) is 0 Å². The van der Waals surface area contributed by atoms with Crippen LogP contribution in [0.4, 0.5) is 0 Å². The molecule has 0 amide bonds. The molecule has 0 saturated carbocycles. The molecule has 2 aromatic rings. The Hall–Kier alpha value is -0.870. The van der Waals surface area contributed by atoms with Gasteiger partial charge in [0.15, 0.2) is 0 Å². The van der Waals surface area contributed by atoms with Crippen molar-refractivity contribution in [3.05, 3.63) is 34.7 Å². The first-order valence-electron chi connectivity index (χ1n) is 5.55. The Balaban J connectivity index is 1.99. The fourth-order valence-corrected chi connectivity index (χ4v) is 2.67. The predicted molar refractivity (Wildman–Crippen MR) is 67.7 cm³/mol. The Labute approximate surface area is 103 Å². The molecule has 3 rings (SSSR count). The summed E-state index contributed by atoms with van der Waals surface area (Å²) in [6.07, 6.45) is 5.43. The maximum absolute atomic E-state index is 4.70. The normalized spacial score (nSPS) is 22.0. The molecule has 1 aliphatic rings. The fraction of sp³-hybridized carbons (Fsp3) is 0.417. The van der Waals surface area contributed by atoms with Crippen LogP contribution in [0.2, 0.25) is 0 Å². The van der Waals surface area contributed by atoms with Crippen molar-refractivity contribution in [3.63, 3.8) is 0 Å². The van der Waals surface area contributed by atoms with E-state index in [-0.39, 0.29) is 0 Å². The molecule has 1 unspecified atom stereocenters. The molecule has 3 heterocycles. The average molecular weight is 280 g/mol. The van der Waals surface area contributed by atoms with Crippen molar-refractivity contribution in [1.82, 2.24) is 14.3 Å². The number of pyridine rings is 1. The highest BCUT2D eigenvalue weighted by Gasteiger charge is 2.23. The van der Waals surface area contributed by atoms with E-state index in [2.05, 4.69) is 50.7 Å². The lowest BCUT2D eigenvalue weighted by Gasteiger charge is -2.06. The Kier molecular flexibility index (Phi) is 2.48. The minimum Gasteiger partial charge on any atom is -0.307 e. The second-order valence-corrected chi connectivity index (χ2v) is 5.44. The molecular weight excluding hydrogens is 266 g/mol. The quantitative estimate of drug-likeness (QED) is 0.800. The molecule has 1 atom stereocenters. The van der Waals surface area contributed by atoms with Crippen LogP contribution in [0.15, 0.2) is 29.0 Å². The van der Waals surface area contributed by atoms with Crippen molar-refractivity contribution in [2.75, 3.05) is 20.1 Å². The Bertz CT molecular complexity index is 520. The number of likely N-dealkylation sites (tertiary alicyclic amines) is 1. The lowest BCUT2D eigenvalue weighted by molar-refractivity contribution is 0.411. The summed E-state index contributed by atoms with van der Waals surface area (Å²) in [5.41, 5.74) is 2.25. The molecule has 0 N–H and O–H groups in total. The van der Waals surface area contributed by atoms with E-state index in [4.69, 9.17) is 4.98 Å². The number of hydrogen-bond donors (Lipinski definition) is 0. The third-order valence-electron chi connectivity index (χ3n) is 3.25. The van der Waals surface area contributed by atoms with Gasteiger partial charge in [0.2, 0.25) is 0 Å². The zero-order valence-electron chi connectivity index (χ0n) is 9.23. The molecule has 0 bridgehead atoms. The van der Waals surface area contributed by atoms with Crippen LogP contribution in [0, 0.1) is 0 Å². The lowest BCUT2D eigenvalue weighted by atomic mass is 10.1. The molecule has 0 aromatic carbocycles. The van der Waals surface area contributed by atoms with E-state index in [9.17, 15) is 0 Å². The van der Waals surface area contributed by atoms with Gasteiger partial charge in [0, 0.05) is 29.3 Å². The Morgan fingerprint density at radius 2 is 2.38 bits per heavy atom. The first kappa shape index (κ1) is 10.3. The molecule has 1 fully saturated rings. The van der Waals surface area contributed by atoms with E-state index >= 15 is 0 Å². The number of nitrogens with zero attached hydrogens (tertiary/aromatic N) is 3. The van der Waals surface area contributed by atoms with Crippen LogP contribution in [0.3, 0.4) is 0 Å². The van der Waals surface area contributed by atoms with Crippen molar-refractivity contribution in [2.24, 2.45) is 0 Å². The Morgan fingerprint density at radius 3 is 3.12 bits per heavy atom. The minimum atomic E-state index is 0.601. The van der Waals surface area contributed by atoms with Gasteiger partial charge in [-0.3, -0.25) is 0 Å². The summed E-state index contributed by atoms with van der Waals surface area (Å²) in [5.74, 6) is 0.601. The van der Waals surface area contributed by atoms with E-state index in [0.717, 1.165) is 16.7 Å². The van der Waals surface area contributed by atoms with E-state index in [1.807, 2.05) is 6.07 Å². The Morgan fingerprint density at radius 1 is 1.50 bits per heavy atom. The summed E-state index contributed by atoms with van der Waals surface area (Å²) >= 11 is 3.47. The van der Waals surface area contributed by atoms with Crippen molar-refractivity contribution in [3.8, 4) is 0 Å². The molecule has 4 heteroatoms. The first-order valence-corrected chi connectivity index (χ1v) is 6.34. The number of likely N-dealkylation sites (N-methyl/N-ethyl adjacent to an activating group) is 1. The number of aromatic nitrogens is 2. The van der Waals surface area contributed by atoms with Gasteiger partial charge in [-0.2, -0.15) is 0 Å².